The number of rotatable bonds is 9. The lowest BCUT2D eigenvalue weighted by atomic mass is 10.1. The van der Waals surface area contributed by atoms with Crippen LogP contribution in [0, 0.1) is 17.8 Å². The summed E-state index contributed by atoms with van der Waals surface area (Å²) in [7, 11) is -2.72. The van der Waals surface area contributed by atoms with E-state index in [0.29, 0.717) is 23.5 Å². The highest BCUT2D eigenvalue weighted by atomic mass is 32.2. The quantitative estimate of drug-likeness (QED) is 0.460. The normalized spacial score (nSPS) is 17.1. The summed E-state index contributed by atoms with van der Waals surface area (Å²) in [6, 6.07) is 0. The molecule has 0 aromatic carbocycles. The molecule has 3 unspecified atom stereocenters. The molecule has 0 radical (unpaired) electrons. The summed E-state index contributed by atoms with van der Waals surface area (Å²) in [5.41, 5.74) is 0. The van der Waals surface area contributed by atoms with Crippen molar-refractivity contribution in [2.75, 3.05) is 12.0 Å². The first kappa shape index (κ1) is 21.0. The number of hydrogen-bond donors (Lipinski definition) is 0. The molecule has 2 nitrogen and oxygen atoms in total. The highest BCUT2D eigenvalue weighted by molar-refractivity contribution is 7.90. The van der Waals surface area contributed by atoms with Gasteiger partial charge in [-0.2, -0.15) is 0 Å². The maximum Gasteiger partial charge on any atom is 0.147 e. The molecule has 0 aromatic rings. The molecule has 0 amide bonds. The third-order valence-electron chi connectivity index (χ3n) is 2.75. The van der Waals surface area contributed by atoms with Gasteiger partial charge < -0.3 is 0 Å². The summed E-state index contributed by atoms with van der Waals surface area (Å²) < 4.78 is 43.3. The Kier molecular flexibility index (Phi) is 16.7. The van der Waals surface area contributed by atoms with Crippen LogP contribution in [0.25, 0.3) is 0 Å². The van der Waals surface area contributed by atoms with E-state index in [2.05, 4.69) is 20.8 Å². The van der Waals surface area contributed by atoms with Crippen molar-refractivity contribution in [1.82, 2.24) is 0 Å². The third kappa shape index (κ3) is 44.9. The zero-order chi connectivity index (χ0) is 21.5. The average molecular weight is 354 g/mol. The van der Waals surface area contributed by atoms with Crippen molar-refractivity contribution < 1.29 is 12.5 Å². The molecular weight excluding hydrogens is 304 g/mol. The van der Waals surface area contributed by atoms with Crippen LogP contribution < -0.4 is 0 Å². The minimum Gasteiger partial charge on any atom is -0.229 e. The largest absolute Gasteiger partial charge is 0.229 e. The Hall–Kier alpha value is -0.0500. The van der Waals surface area contributed by atoms with E-state index < -0.39 is 9.84 Å². The first-order chi connectivity index (χ1) is 11.7. The lowest BCUT2D eigenvalue weighted by molar-refractivity contribution is 0.550. The highest BCUT2D eigenvalue weighted by Gasteiger charge is 2.02. The van der Waals surface area contributed by atoms with Gasteiger partial charge in [0.2, 0.25) is 0 Å². The molecule has 0 aliphatic carbocycles. The molecule has 0 aliphatic heterocycles. The van der Waals surface area contributed by atoms with E-state index in [1.54, 1.807) is 0 Å². The fourth-order valence-corrected chi connectivity index (χ4v) is 2.26. The number of hydrogen-bond acceptors (Lipinski definition) is 2. The molecule has 0 N–H and O–H groups in total. The van der Waals surface area contributed by atoms with Crippen molar-refractivity contribution >= 4 is 9.84 Å². The monoisotopic (exact) mass is 353 g/mol. The van der Waals surface area contributed by atoms with Crippen LogP contribution in [0.3, 0.4) is 0 Å². The predicted octanol–water partition coefficient (Wildman–Crippen LogP) is 6.74. The van der Waals surface area contributed by atoms with Gasteiger partial charge >= 0.3 is 0 Å². The molecule has 144 valence electrons. The van der Waals surface area contributed by atoms with Gasteiger partial charge in [0.15, 0.2) is 0 Å². The summed E-state index contributed by atoms with van der Waals surface area (Å²) in [4.78, 5) is 0. The second-order valence-corrected chi connectivity index (χ2v) is 9.42. The second-order valence-electron chi connectivity index (χ2n) is 7.16. The van der Waals surface area contributed by atoms with E-state index in [0.717, 1.165) is 25.7 Å². The molecular formula is C20H46O2S. The first-order valence-electron chi connectivity index (χ1n) is 10.9. The van der Waals surface area contributed by atoms with Crippen LogP contribution in [0.1, 0.15) is 104 Å². The minimum absolute atomic E-state index is 0.167. The molecule has 0 rings (SSSR count). The predicted molar refractivity (Wildman–Crippen MR) is 108 cm³/mol. The van der Waals surface area contributed by atoms with Gasteiger partial charge in [0, 0.05) is 10.4 Å². The van der Waals surface area contributed by atoms with Gasteiger partial charge in [-0.1, -0.05) is 93.8 Å². The fraction of sp³-hybridized carbons (Fsp3) is 1.00. The molecule has 0 aromatic heterocycles. The Balaban J connectivity index is -0.000000306. The van der Waals surface area contributed by atoms with Gasteiger partial charge in [-0.3, -0.25) is 0 Å². The molecule has 3 atom stereocenters. The Labute approximate surface area is 153 Å². The van der Waals surface area contributed by atoms with E-state index >= 15 is 0 Å². The fourth-order valence-electron chi connectivity index (χ4n) is 1.36. The summed E-state index contributed by atoms with van der Waals surface area (Å²) in [6.07, 6.45) is 4.82. The molecule has 3 heteroatoms. The molecule has 0 spiro atoms. The lowest BCUT2D eigenvalue weighted by Crippen LogP contribution is -2.05. The van der Waals surface area contributed by atoms with Gasteiger partial charge in [-0.15, -0.1) is 0 Å². The van der Waals surface area contributed by atoms with E-state index in [-0.39, 0.29) is 19.2 Å². The molecule has 23 heavy (non-hydrogen) atoms. The summed E-state index contributed by atoms with van der Waals surface area (Å²) >= 11 is 0. The Bertz CT molecular complexity index is 396. The maximum absolute atomic E-state index is 10.5. The number of sulfone groups is 1. The smallest absolute Gasteiger partial charge is 0.147 e. The topological polar surface area (TPSA) is 34.1 Å². The molecule has 0 aliphatic rings. The Morgan fingerprint density at radius 2 is 1.30 bits per heavy atom. The maximum atomic E-state index is 10.5. The van der Waals surface area contributed by atoms with Gasteiger partial charge in [0.25, 0.3) is 0 Å². The SMILES string of the molecule is CC(C)CCS(C)(=O)=O.[2H]C(CC)C([2H])C(C)C.[2H]C(CCC)C(C)C. The van der Waals surface area contributed by atoms with Crippen molar-refractivity contribution in [2.45, 2.75) is 100 Å². The first-order valence-corrected chi connectivity index (χ1v) is 11.2. The van der Waals surface area contributed by atoms with Crippen molar-refractivity contribution in [3.63, 3.8) is 0 Å². The van der Waals surface area contributed by atoms with Gasteiger partial charge in [0.1, 0.15) is 9.84 Å². The van der Waals surface area contributed by atoms with Crippen LogP contribution in [0.5, 0.6) is 0 Å². The second kappa shape index (κ2) is 18.3. The van der Waals surface area contributed by atoms with Gasteiger partial charge in [-0.05, 0) is 24.2 Å². The van der Waals surface area contributed by atoms with E-state index in [1.165, 1.54) is 6.26 Å². The molecule has 0 saturated heterocycles. The average Bonchev–Trinajstić information content (AvgIpc) is 2.52. The third-order valence-corrected chi connectivity index (χ3v) is 3.73. The Morgan fingerprint density at radius 1 is 0.826 bits per heavy atom. The zero-order valence-corrected chi connectivity index (χ0v) is 18.0. The minimum atomic E-state index is -2.72. The van der Waals surface area contributed by atoms with Crippen LogP contribution in [0.15, 0.2) is 0 Å². The van der Waals surface area contributed by atoms with Crippen LogP contribution in [-0.4, -0.2) is 20.4 Å². The molecule has 0 fully saturated rings. The van der Waals surface area contributed by atoms with E-state index in [4.69, 9.17) is 4.11 Å². The lowest BCUT2D eigenvalue weighted by Gasteiger charge is -2.00. The summed E-state index contributed by atoms with van der Waals surface area (Å²) in [6.45, 7) is 16.3. The zero-order valence-electron chi connectivity index (χ0n) is 20.2. The van der Waals surface area contributed by atoms with Crippen LogP contribution in [0.4, 0.5) is 0 Å². The van der Waals surface area contributed by atoms with Crippen molar-refractivity contribution in [3.05, 3.63) is 0 Å². The van der Waals surface area contributed by atoms with Gasteiger partial charge in [-0.25, -0.2) is 8.42 Å². The molecule has 0 saturated carbocycles. The Morgan fingerprint density at radius 3 is 1.43 bits per heavy atom. The van der Waals surface area contributed by atoms with E-state index in [9.17, 15) is 8.42 Å². The highest BCUT2D eigenvalue weighted by Crippen LogP contribution is 2.05. The van der Waals surface area contributed by atoms with E-state index in [1.807, 2.05) is 34.6 Å². The molecule has 0 bridgehead atoms. The van der Waals surface area contributed by atoms with Crippen molar-refractivity contribution in [2.24, 2.45) is 17.8 Å². The van der Waals surface area contributed by atoms with Crippen molar-refractivity contribution in [3.8, 4) is 0 Å². The van der Waals surface area contributed by atoms with Gasteiger partial charge in [0.05, 0.1) is 5.75 Å². The standard InChI is InChI=1S/2C7H16.C6H14O2S/c2*1-4-5-6-7(2)3;1-6(2)4-5-9(3,7)8/h2*7H,4-6H2,1-3H3;6H,4-5H2,1-3H3/i5D,6D;6D;. The summed E-state index contributed by atoms with van der Waals surface area (Å²) in [5.74, 6) is 1.67. The van der Waals surface area contributed by atoms with Crippen LogP contribution in [-0.2, 0) is 9.84 Å². The summed E-state index contributed by atoms with van der Waals surface area (Å²) in [5, 5.41) is 0. The van der Waals surface area contributed by atoms with Crippen LogP contribution in [0.2, 0.25) is 0 Å². The molecule has 0 heterocycles. The van der Waals surface area contributed by atoms with Crippen LogP contribution >= 0.6 is 0 Å². The van der Waals surface area contributed by atoms with Crippen molar-refractivity contribution in [1.29, 1.82) is 0 Å².